The number of aromatic nitrogens is 2. The second kappa shape index (κ2) is 4.60. The lowest BCUT2D eigenvalue weighted by Gasteiger charge is -2.30. The number of aryl methyl sites for hydroxylation is 1. The van der Waals surface area contributed by atoms with E-state index in [4.69, 9.17) is 0 Å². The number of nitrogens with zero attached hydrogens (tertiary/aromatic N) is 3. The van der Waals surface area contributed by atoms with Crippen LogP contribution in [0.25, 0.3) is 0 Å². The van der Waals surface area contributed by atoms with Gasteiger partial charge >= 0.3 is 6.18 Å². The molecule has 18 heavy (non-hydrogen) atoms. The topological polar surface area (TPSA) is 58.4 Å². The SMILES string of the molecule is CN(C)C(=O)CC(O)(c1nccn1C)C(F)(F)F. The first-order valence-electron chi connectivity index (χ1n) is 5.06. The van der Waals surface area contributed by atoms with Gasteiger partial charge in [-0.2, -0.15) is 13.2 Å². The summed E-state index contributed by atoms with van der Waals surface area (Å²) < 4.78 is 40.0. The van der Waals surface area contributed by atoms with Crippen molar-refractivity contribution in [2.75, 3.05) is 14.1 Å². The molecule has 0 aliphatic heterocycles. The van der Waals surface area contributed by atoms with Gasteiger partial charge in [0.25, 0.3) is 0 Å². The molecule has 8 heteroatoms. The van der Waals surface area contributed by atoms with Gasteiger partial charge in [-0.25, -0.2) is 4.98 Å². The Morgan fingerprint density at radius 1 is 1.50 bits per heavy atom. The molecule has 0 fully saturated rings. The maximum atomic E-state index is 13.0. The molecule has 0 aromatic carbocycles. The average Bonchev–Trinajstić information content (AvgIpc) is 2.62. The Kier molecular flexibility index (Phi) is 3.70. The molecule has 5 nitrogen and oxygen atoms in total. The third-order valence-electron chi connectivity index (χ3n) is 2.57. The molecule has 0 bridgehead atoms. The van der Waals surface area contributed by atoms with Crippen molar-refractivity contribution < 1.29 is 23.1 Å². The predicted octanol–water partition coefficient (Wildman–Crippen LogP) is 0.648. The smallest absolute Gasteiger partial charge is 0.374 e. The molecule has 0 aliphatic carbocycles. The van der Waals surface area contributed by atoms with Crippen molar-refractivity contribution in [3.63, 3.8) is 0 Å². The van der Waals surface area contributed by atoms with Crippen molar-refractivity contribution >= 4 is 5.91 Å². The van der Waals surface area contributed by atoms with Gasteiger partial charge in [0.2, 0.25) is 11.5 Å². The standard InChI is InChI=1S/C10H14F3N3O2/c1-15(2)7(17)6-9(18,10(11,12)13)8-14-4-5-16(8)3/h4-5,18H,6H2,1-3H3. The Hall–Kier alpha value is -1.57. The fraction of sp³-hybridized carbons (Fsp3) is 0.600. The van der Waals surface area contributed by atoms with Crippen LogP contribution < -0.4 is 0 Å². The number of rotatable bonds is 3. The lowest BCUT2D eigenvalue weighted by atomic mass is 9.97. The Balaban J connectivity index is 3.21. The maximum Gasteiger partial charge on any atom is 0.425 e. The summed E-state index contributed by atoms with van der Waals surface area (Å²) in [6, 6.07) is 0. The van der Waals surface area contributed by atoms with Crippen LogP contribution in [0.1, 0.15) is 12.2 Å². The highest BCUT2D eigenvalue weighted by atomic mass is 19.4. The highest BCUT2D eigenvalue weighted by Gasteiger charge is 2.58. The predicted molar refractivity (Wildman–Crippen MR) is 56.5 cm³/mol. The Bertz CT molecular complexity index is 442. The van der Waals surface area contributed by atoms with Crippen LogP contribution in [0.3, 0.4) is 0 Å². The van der Waals surface area contributed by atoms with Crippen LogP contribution in [-0.2, 0) is 17.4 Å². The number of aliphatic hydroxyl groups is 1. The van der Waals surface area contributed by atoms with Gasteiger partial charge in [-0.15, -0.1) is 0 Å². The summed E-state index contributed by atoms with van der Waals surface area (Å²) in [6.45, 7) is 0. The van der Waals surface area contributed by atoms with Gasteiger partial charge in [0, 0.05) is 33.5 Å². The van der Waals surface area contributed by atoms with E-state index in [2.05, 4.69) is 4.98 Å². The molecule has 0 aliphatic rings. The van der Waals surface area contributed by atoms with Gasteiger partial charge < -0.3 is 14.6 Å². The van der Waals surface area contributed by atoms with Crippen LogP contribution in [0.15, 0.2) is 12.4 Å². The van der Waals surface area contributed by atoms with E-state index >= 15 is 0 Å². The third kappa shape index (κ3) is 2.47. The Morgan fingerprint density at radius 3 is 2.39 bits per heavy atom. The molecule has 0 radical (unpaired) electrons. The van der Waals surface area contributed by atoms with E-state index in [1.54, 1.807) is 0 Å². The molecule has 1 rings (SSSR count). The largest absolute Gasteiger partial charge is 0.425 e. The van der Waals surface area contributed by atoms with Gasteiger partial charge in [0.1, 0.15) is 0 Å². The molecule has 0 saturated carbocycles. The van der Waals surface area contributed by atoms with E-state index in [0.717, 1.165) is 15.7 Å². The first-order chi connectivity index (χ1) is 8.09. The van der Waals surface area contributed by atoms with E-state index in [9.17, 15) is 23.1 Å². The molecule has 102 valence electrons. The number of alkyl halides is 3. The number of carbonyl (C=O) groups excluding carboxylic acids is 1. The quantitative estimate of drug-likeness (QED) is 0.873. The van der Waals surface area contributed by atoms with Crippen molar-refractivity contribution in [2.45, 2.75) is 18.2 Å². The Morgan fingerprint density at radius 2 is 2.06 bits per heavy atom. The minimum absolute atomic E-state index is 0.606. The molecule has 0 spiro atoms. The lowest BCUT2D eigenvalue weighted by Crippen LogP contribution is -2.47. The highest BCUT2D eigenvalue weighted by Crippen LogP contribution is 2.40. The van der Waals surface area contributed by atoms with E-state index in [1.165, 1.54) is 27.3 Å². The van der Waals surface area contributed by atoms with Gasteiger partial charge in [-0.1, -0.05) is 0 Å². The summed E-state index contributed by atoms with van der Waals surface area (Å²) in [6.07, 6.45) is -3.69. The molecule has 1 unspecified atom stereocenters. The summed E-state index contributed by atoms with van der Waals surface area (Å²) in [5.74, 6) is -1.44. The first kappa shape index (κ1) is 14.5. The van der Waals surface area contributed by atoms with Gasteiger partial charge in [0.15, 0.2) is 5.82 Å². The number of hydrogen-bond donors (Lipinski definition) is 1. The van der Waals surface area contributed by atoms with Crippen LogP contribution in [0.4, 0.5) is 13.2 Å². The zero-order valence-corrected chi connectivity index (χ0v) is 10.2. The minimum atomic E-state index is -4.99. The molecule has 0 saturated heterocycles. The lowest BCUT2D eigenvalue weighted by molar-refractivity contribution is -0.271. The Labute approximate surface area is 102 Å². The number of hydrogen-bond acceptors (Lipinski definition) is 3. The number of carbonyl (C=O) groups is 1. The number of amides is 1. The van der Waals surface area contributed by atoms with E-state index in [1.807, 2.05) is 0 Å². The molecule has 1 atom stereocenters. The van der Waals surface area contributed by atoms with Crippen LogP contribution in [0.2, 0.25) is 0 Å². The molecule has 1 amide bonds. The summed E-state index contributed by atoms with van der Waals surface area (Å²) in [7, 11) is 3.95. The van der Waals surface area contributed by atoms with Gasteiger partial charge in [-0.3, -0.25) is 4.79 Å². The van der Waals surface area contributed by atoms with Crippen molar-refractivity contribution in [3.05, 3.63) is 18.2 Å². The first-order valence-corrected chi connectivity index (χ1v) is 5.06. The fourth-order valence-electron chi connectivity index (χ4n) is 1.45. The number of imidazole rings is 1. The van der Waals surface area contributed by atoms with Crippen molar-refractivity contribution in [3.8, 4) is 0 Å². The summed E-state index contributed by atoms with van der Waals surface area (Å²) in [5.41, 5.74) is -3.29. The van der Waals surface area contributed by atoms with E-state index in [0.29, 0.717) is 0 Å². The second-order valence-corrected chi connectivity index (χ2v) is 4.18. The molecule has 1 heterocycles. The summed E-state index contributed by atoms with van der Waals surface area (Å²) >= 11 is 0. The van der Waals surface area contributed by atoms with Crippen molar-refractivity contribution in [2.24, 2.45) is 7.05 Å². The van der Waals surface area contributed by atoms with Crippen LogP contribution in [-0.4, -0.2) is 45.7 Å². The minimum Gasteiger partial charge on any atom is -0.374 e. The normalized spacial score (nSPS) is 15.3. The van der Waals surface area contributed by atoms with Crippen LogP contribution in [0, 0.1) is 0 Å². The maximum absolute atomic E-state index is 13.0. The molecule has 1 N–H and O–H groups in total. The van der Waals surface area contributed by atoms with Crippen molar-refractivity contribution in [1.82, 2.24) is 14.5 Å². The fourth-order valence-corrected chi connectivity index (χ4v) is 1.45. The van der Waals surface area contributed by atoms with Gasteiger partial charge in [-0.05, 0) is 0 Å². The molecular weight excluding hydrogens is 251 g/mol. The molecule has 1 aromatic heterocycles. The summed E-state index contributed by atoms with van der Waals surface area (Å²) in [4.78, 5) is 15.9. The average molecular weight is 265 g/mol. The van der Waals surface area contributed by atoms with Gasteiger partial charge in [0.05, 0.1) is 6.42 Å². The number of halogens is 3. The second-order valence-electron chi connectivity index (χ2n) is 4.18. The molecule has 1 aromatic rings. The monoisotopic (exact) mass is 265 g/mol. The highest BCUT2D eigenvalue weighted by molar-refractivity contribution is 5.77. The van der Waals surface area contributed by atoms with Crippen molar-refractivity contribution in [1.29, 1.82) is 0 Å². The van der Waals surface area contributed by atoms with E-state index < -0.39 is 29.9 Å². The van der Waals surface area contributed by atoms with E-state index in [-0.39, 0.29) is 0 Å². The third-order valence-corrected chi connectivity index (χ3v) is 2.57. The summed E-state index contributed by atoms with van der Waals surface area (Å²) in [5, 5.41) is 9.85. The zero-order chi connectivity index (χ0) is 14.1. The van der Waals surface area contributed by atoms with Crippen LogP contribution in [0.5, 0.6) is 0 Å². The molecular formula is C10H14F3N3O2. The van der Waals surface area contributed by atoms with Crippen LogP contribution >= 0.6 is 0 Å². The zero-order valence-electron chi connectivity index (χ0n) is 10.2.